The Morgan fingerprint density at radius 1 is 1.39 bits per heavy atom. The maximum Gasteiger partial charge on any atom is 0.157 e. The van der Waals surface area contributed by atoms with Gasteiger partial charge in [-0.2, -0.15) is 0 Å². The van der Waals surface area contributed by atoms with Crippen LogP contribution in [0.25, 0.3) is 0 Å². The van der Waals surface area contributed by atoms with Crippen molar-refractivity contribution in [1.82, 2.24) is 9.97 Å². The molecule has 0 spiro atoms. The topological polar surface area (TPSA) is 59.1 Å². The van der Waals surface area contributed by atoms with Crippen molar-refractivity contribution in [3.8, 4) is 0 Å². The SMILES string of the molecule is CNc1c(Cl)ncnc1NCC(OC)C(C)(C)C. The van der Waals surface area contributed by atoms with E-state index < -0.39 is 0 Å². The van der Waals surface area contributed by atoms with E-state index in [4.69, 9.17) is 16.3 Å². The number of methoxy groups -OCH3 is 1. The summed E-state index contributed by atoms with van der Waals surface area (Å²) >= 11 is 5.98. The van der Waals surface area contributed by atoms with E-state index in [1.807, 2.05) is 0 Å². The molecule has 0 aliphatic heterocycles. The third-order valence-electron chi connectivity index (χ3n) is 2.76. The summed E-state index contributed by atoms with van der Waals surface area (Å²) < 4.78 is 5.48. The predicted octanol–water partition coefficient (Wildman–Crippen LogP) is 2.64. The second-order valence-corrected chi connectivity index (χ2v) is 5.47. The Morgan fingerprint density at radius 2 is 2.06 bits per heavy atom. The molecule has 0 saturated carbocycles. The van der Waals surface area contributed by atoms with Crippen LogP contribution in [0.4, 0.5) is 11.5 Å². The lowest BCUT2D eigenvalue weighted by Crippen LogP contribution is -2.35. The number of hydrogen-bond donors (Lipinski definition) is 2. The zero-order chi connectivity index (χ0) is 13.8. The molecule has 6 heteroatoms. The van der Waals surface area contributed by atoms with Gasteiger partial charge in [0.1, 0.15) is 12.0 Å². The van der Waals surface area contributed by atoms with Crippen LogP contribution in [0.5, 0.6) is 0 Å². The fourth-order valence-corrected chi connectivity index (χ4v) is 1.88. The molecular formula is C12H21ClN4O. The van der Waals surface area contributed by atoms with E-state index in [2.05, 4.69) is 41.4 Å². The molecule has 1 rings (SSSR count). The van der Waals surface area contributed by atoms with Crippen LogP contribution in [0.3, 0.4) is 0 Å². The minimum atomic E-state index is 0.0539. The smallest absolute Gasteiger partial charge is 0.157 e. The largest absolute Gasteiger partial charge is 0.383 e. The zero-order valence-electron chi connectivity index (χ0n) is 11.5. The maximum absolute atomic E-state index is 5.98. The molecule has 0 bridgehead atoms. The quantitative estimate of drug-likeness (QED) is 0.807. The van der Waals surface area contributed by atoms with E-state index in [-0.39, 0.29) is 11.5 Å². The van der Waals surface area contributed by atoms with Crippen molar-refractivity contribution in [2.45, 2.75) is 26.9 Å². The van der Waals surface area contributed by atoms with E-state index in [0.717, 1.165) is 0 Å². The molecule has 102 valence electrons. The van der Waals surface area contributed by atoms with Crippen LogP contribution in [-0.4, -0.2) is 36.8 Å². The van der Waals surface area contributed by atoms with E-state index in [9.17, 15) is 0 Å². The Kier molecular flexibility index (Phi) is 5.16. The molecule has 1 heterocycles. The van der Waals surface area contributed by atoms with Gasteiger partial charge in [-0.3, -0.25) is 0 Å². The summed E-state index contributed by atoms with van der Waals surface area (Å²) in [6, 6.07) is 0. The average Bonchev–Trinajstić information content (AvgIpc) is 2.28. The number of aromatic nitrogens is 2. The van der Waals surface area contributed by atoms with Gasteiger partial charge in [0.25, 0.3) is 0 Å². The Morgan fingerprint density at radius 3 is 2.56 bits per heavy atom. The van der Waals surface area contributed by atoms with Crippen molar-refractivity contribution in [1.29, 1.82) is 0 Å². The highest BCUT2D eigenvalue weighted by molar-refractivity contribution is 6.32. The molecule has 1 unspecified atom stereocenters. The first-order valence-corrected chi connectivity index (χ1v) is 6.22. The Hall–Kier alpha value is -1.07. The maximum atomic E-state index is 5.98. The first-order valence-electron chi connectivity index (χ1n) is 5.85. The van der Waals surface area contributed by atoms with Gasteiger partial charge in [-0.25, -0.2) is 9.97 Å². The van der Waals surface area contributed by atoms with Crippen molar-refractivity contribution >= 4 is 23.1 Å². The van der Waals surface area contributed by atoms with Gasteiger partial charge in [-0.05, 0) is 5.41 Å². The van der Waals surface area contributed by atoms with Crippen molar-refractivity contribution in [3.63, 3.8) is 0 Å². The average molecular weight is 273 g/mol. The molecule has 5 nitrogen and oxygen atoms in total. The van der Waals surface area contributed by atoms with Crippen LogP contribution in [0, 0.1) is 5.41 Å². The number of nitrogens with one attached hydrogen (secondary N) is 2. The van der Waals surface area contributed by atoms with Crippen molar-refractivity contribution < 1.29 is 4.74 Å². The Labute approximate surface area is 113 Å². The standard InChI is InChI=1S/C12H21ClN4O/c1-12(2,3)8(18-5)6-15-11-9(14-4)10(13)16-7-17-11/h7-8,14H,6H2,1-5H3,(H,15,16,17). The first-order chi connectivity index (χ1) is 8.40. The highest BCUT2D eigenvalue weighted by Crippen LogP contribution is 2.27. The van der Waals surface area contributed by atoms with Crippen molar-refractivity contribution in [2.75, 3.05) is 31.3 Å². The van der Waals surface area contributed by atoms with Crippen LogP contribution < -0.4 is 10.6 Å². The van der Waals surface area contributed by atoms with Crippen LogP contribution >= 0.6 is 11.6 Å². The molecule has 1 atom stereocenters. The van der Waals surface area contributed by atoms with Gasteiger partial charge in [-0.15, -0.1) is 0 Å². The molecule has 0 radical (unpaired) electrons. The van der Waals surface area contributed by atoms with Crippen LogP contribution in [0.1, 0.15) is 20.8 Å². The molecule has 0 aliphatic carbocycles. The lowest BCUT2D eigenvalue weighted by atomic mass is 9.89. The normalized spacial score (nSPS) is 13.2. The summed E-state index contributed by atoms with van der Waals surface area (Å²) in [5.41, 5.74) is 0.751. The molecule has 1 aromatic heterocycles. The molecule has 0 saturated heterocycles. The van der Waals surface area contributed by atoms with E-state index >= 15 is 0 Å². The van der Waals surface area contributed by atoms with Gasteiger partial charge in [0.05, 0.1) is 6.10 Å². The molecule has 0 aromatic carbocycles. The highest BCUT2D eigenvalue weighted by atomic mass is 35.5. The molecule has 0 fully saturated rings. The fraction of sp³-hybridized carbons (Fsp3) is 0.667. The van der Waals surface area contributed by atoms with Gasteiger partial charge in [0.2, 0.25) is 0 Å². The minimum absolute atomic E-state index is 0.0539. The monoisotopic (exact) mass is 272 g/mol. The highest BCUT2D eigenvalue weighted by Gasteiger charge is 2.24. The lowest BCUT2D eigenvalue weighted by molar-refractivity contribution is 0.0268. The molecule has 0 aliphatic rings. The Balaban J connectivity index is 2.77. The third kappa shape index (κ3) is 3.71. The molecule has 2 N–H and O–H groups in total. The van der Waals surface area contributed by atoms with Crippen LogP contribution in [0.2, 0.25) is 5.15 Å². The number of nitrogens with zero attached hydrogens (tertiary/aromatic N) is 2. The summed E-state index contributed by atoms with van der Waals surface area (Å²) in [6.07, 6.45) is 1.51. The van der Waals surface area contributed by atoms with E-state index in [0.29, 0.717) is 23.2 Å². The third-order valence-corrected chi connectivity index (χ3v) is 3.04. The van der Waals surface area contributed by atoms with Crippen molar-refractivity contribution in [2.24, 2.45) is 5.41 Å². The number of anilines is 2. The second kappa shape index (κ2) is 6.20. The van der Waals surface area contributed by atoms with Gasteiger partial charge >= 0.3 is 0 Å². The molecule has 1 aromatic rings. The molecular weight excluding hydrogens is 252 g/mol. The summed E-state index contributed by atoms with van der Waals surface area (Å²) in [5, 5.41) is 6.63. The van der Waals surface area contributed by atoms with Crippen molar-refractivity contribution in [3.05, 3.63) is 11.5 Å². The first kappa shape index (κ1) is 15.0. The van der Waals surface area contributed by atoms with Gasteiger partial charge in [0, 0.05) is 20.7 Å². The number of hydrogen-bond acceptors (Lipinski definition) is 5. The van der Waals surface area contributed by atoms with E-state index in [1.165, 1.54) is 6.33 Å². The zero-order valence-corrected chi connectivity index (χ0v) is 12.3. The van der Waals surface area contributed by atoms with Gasteiger partial charge < -0.3 is 15.4 Å². The van der Waals surface area contributed by atoms with Gasteiger partial charge in [0.15, 0.2) is 11.0 Å². The summed E-state index contributed by atoms with van der Waals surface area (Å²) in [7, 11) is 3.50. The fourth-order valence-electron chi connectivity index (χ4n) is 1.65. The molecule has 0 amide bonds. The summed E-state index contributed by atoms with van der Waals surface area (Å²) in [4.78, 5) is 8.10. The summed E-state index contributed by atoms with van der Waals surface area (Å²) in [6.45, 7) is 7.06. The minimum Gasteiger partial charge on any atom is -0.383 e. The number of ether oxygens (including phenoxy) is 1. The molecule has 18 heavy (non-hydrogen) atoms. The predicted molar refractivity (Wildman–Crippen MR) is 75.3 cm³/mol. The number of halogens is 1. The van der Waals surface area contributed by atoms with Crippen LogP contribution in [0.15, 0.2) is 6.33 Å². The summed E-state index contributed by atoms with van der Waals surface area (Å²) in [5.74, 6) is 0.684. The lowest BCUT2D eigenvalue weighted by Gasteiger charge is -2.29. The second-order valence-electron chi connectivity index (χ2n) is 5.11. The van der Waals surface area contributed by atoms with E-state index in [1.54, 1.807) is 14.2 Å². The number of rotatable bonds is 5. The Bertz CT molecular complexity index is 392. The van der Waals surface area contributed by atoms with Crippen LogP contribution in [-0.2, 0) is 4.74 Å². The van der Waals surface area contributed by atoms with Gasteiger partial charge in [-0.1, -0.05) is 32.4 Å².